The highest BCUT2D eigenvalue weighted by Crippen LogP contribution is 2.42. The number of hydrogen-bond donors (Lipinski definition) is 2. The van der Waals surface area contributed by atoms with Gasteiger partial charge in [0.05, 0.1) is 6.10 Å². The van der Waals surface area contributed by atoms with Gasteiger partial charge in [-0.3, -0.25) is 4.79 Å². The van der Waals surface area contributed by atoms with Crippen LogP contribution in [0.25, 0.3) is 0 Å². The Morgan fingerprint density at radius 2 is 1.95 bits per heavy atom. The van der Waals surface area contributed by atoms with Gasteiger partial charge in [-0.05, 0) is 19.3 Å². The predicted molar refractivity (Wildman–Crippen MR) is 98.7 cm³/mol. The molecule has 22 heavy (non-hydrogen) atoms. The van der Waals surface area contributed by atoms with E-state index in [2.05, 4.69) is 29.5 Å². The number of guanidine groups is 1. The maximum absolute atomic E-state index is 11.7. The summed E-state index contributed by atoms with van der Waals surface area (Å²) in [4.78, 5) is 17.7. The van der Waals surface area contributed by atoms with Crippen molar-refractivity contribution in [1.82, 2.24) is 15.5 Å². The lowest BCUT2D eigenvalue weighted by Crippen LogP contribution is -2.63. The summed E-state index contributed by atoms with van der Waals surface area (Å²) in [5, 5.41) is 6.84. The van der Waals surface area contributed by atoms with Crippen molar-refractivity contribution in [3.63, 3.8) is 0 Å². The summed E-state index contributed by atoms with van der Waals surface area (Å²) in [6.45, 7) is 4.57. The Kier molecular flexibility index (Phi) is 6.91. The van der Waals surface area contributed by atoms with Crippen LogP contribution in [-0.4, -0.2) is 62.7 Å². The van der Waals surface area contributed by atoms with E-state index in [1.54, 1.807) is 26.1 Å². The molecule has 2 N–H and O–H groups in total. The Labute approximate surface area is 150 Å². The second-order valence-corrected chi connectivity index (χ2v) is 6.85. The van der Waals surface area contributed by atoms with Crippen LogP contribution in [0.15, 0.2) is 4.99 Å². The summed E-state index contributed by atoms with van der Waals surface area (Å²) < 4.78 is 5.48. The van der Waals surface area contributed by atoms with Crippen LogP contribution in [-0.2, 0) is 9.53 Å². The van der Waals surface area contributed by atoms with E-state index in [0.717, 1.165) is 12.4 Å². The molecule has 0 bridgehead atoms. The van der Waals surface area contributed by atoms with E-state index in [4.69, 9.17) is 4.74 Å². The fraction of sp³-hybridized carbons (Fsp3) is 0.867. The molecular weight excluding hydrogens is 395 g/mol. The summed E-state index contributed by atoms with van der Waals surface area (Å²) in [5.41, 5.74) is 0.0757. The molecule has 2 unspecified atom stereocenters. The van der Waals surface area contributed by atoms with Crippen LogP contribution in [0.2, 0.25) is 0 Å². The molecule has 2 rings (SSSR count). The third-order valence-corrected chi connectivity index (χ3v) is 4.56. The number of hydrogen-bond acceptors (Lipinski definition) is 3. The van der Waals surface area contributed by atoms with Crippen LogP contribution in [0.3, 0.4) is 0 Å². The number of carbonyl (C=O) groups excluding carboxylic acids is 1. The zero-order valence-electron chi connectivity index (χ0n) is 14.2. The van der Waals surface area contributed by atoms with Crippen molar-refractivity contribution in [2.75, 3.05) is 27.7 Å². The standard InChI is InChI=1S/C15H28N4O2.HI/c1-15(2)11(8-12(15)21-5)18-14(17-10-6-7-10)16-9-13(20)19(3)4;/h10-12H,6-9H2,1-5H3,(H2,16,17,18);1H. The number of likely N-dealkylation sites (N-methyl/N-ethyl adjacent to an activating group) is 1. The fourth-order valence-corrected chi connectivity index (χ4v) is 2.54. The van der Waals surface area contributed by atoms with E-state index in [-0.39, 0.29) is 47.9 Å². The Morgan fingerprint density at radius 1 is 1.32 bits per heavy atom. The highest BCUT2D eigenvalue weighted by atomic mass is 127. The number of carbonyl (C=O) groups is 1. The van der Waals surface area contributed by atoms with E-state index < -0.39 is 0 Å². The molecule has 2 fully saturated rings. The van der Waals surface area contributed by atoms with Gasteiger partial charge in [0.2, 0.25) is 5.91 Å². The predicted octanol–water partition coefficient (Wildman–Crippen LogP) is 1.20. The smallest absolute Gasteiger partial charge is 0.243 e. The number of ether oxygens (including phenoxy) is 1. The second kappa shape index (κ2) is 7.81. The van der Waals surface area contributed by atoms with Gasteiger partial charge >= 0.3 is 0 Å². The van der Waals surface area contributed by atoms with Crippen molar-refractivity contribution in [3.05, 3.63) is 0 Å². The molecule has 128 valence electrons. The number of methoxy groups -OCH3 is 1. The first kappa shape index (κ1) is 19.5. The van der Waals surface area contributed by atoms with Gasteiger partial charge in [-0.2, -0.15) is 0 Å². The third-order valence-electron chi connectivity index (χ3n) is 4.56. The molecule has 0 radical (unpaired) electrons. The topological polar surface area (TPSA) is 66.0 Å². The Balaban J connectivity index is 0.00000242. The first-order valence-corrected chi connectivity index (χ1v) is 7.65. The molecule has 0 aromatic rings. The Bertz CT molecular complexity index is 422. The number of nitrogens with zero attached hydrogens (tertiary/aromatic N) is 2. The lowest BCUT2D eigenvalue weighted by atomic mass is 9.64. The Morgan fingerprint density at radius 3 is 2.41 bits per heavy atom. The van der Waals surface area contributed by atoms with Crippen LogP contribution in [0.1, 0.15) is 33.1 Å². The van der Waals surface area contributed by atoms with E-state index >= 15 is 0 Å². The molecule has 0 aromatic heterocycles. The molecule has 0 aromatic carbocycles. The molecule has 2 atom stereocenters. The van der Waals surface area contributed by atoms with E-state index in [1.165, 1.54) is 12.8 Å². The minimum Gasteiger partial charge on any atom is -0.381 e. The number of amides is 1. The van der Waals surface area contributed by atoms with Crippen LogP contribution in [0.4, 0.5) is 0 Å². The quantitative estimate of drug-likeness (QED) is 0.396. The van der Waals surface area contributed by atoms with Crippen LogP contribution >= 0.6 is 24.0 Å². The maximum atomic E-state index is 11.7. The molecule has 7 heteroatoms. The highest BCUT2D eigenvalue weighted by molar-refractivity contribution is 14.0. The van der Waals surface area contributed by atoms with Crippen molar-refractivity contribution in [2.24, 2.45) is 10.4 Å². The first-order chi connectivity index (χ1) is 9.84. The molecule has 2 aliphatic carbocycles. The highest BCUT2D eigenvalue weighted by Gasteiger charge is 2.49. The van der Waals surface area contributed by atoms with Crippen molar-refractivity contribution in [3.8, 4) is 0 Å². The zero-order chi connectivity index (χ0) is 15.6. The molecule has 2 saturated carbocycles. The minimum atomic E-state index is 0. The molecule has 0 aliphatic heterocycles. The van der Waals surface area contributed by atoms with Crippen molar-refractivity contribution >= 4 is 35.8 Å². The molecule has 6 nitrogen and oxygen atoms in total. The second-order valence-electron chi connectivity index (χ2n) is 6.85. The minimum absolute atomic E-state index is 0. The average Bonchev–Trinajstić information content (AvgIpc) is 3.23. The lowest BCUT2D eigenvalue weighted by Gasteiger charge is -2.51. The summed E-state index contributed by atoms with van der Waals surface area (Å²) >= 11 is 0. The Hall–Kier alpha value is -0.570. The zero-order valence-corrected chi connectivity index (χ0v) is 16.5. The number of nitrogens with one attached hydrogen (secondary N) is 2. The number of aliphatic imine (C=N–C) groups is 1. The fourth-order valence-electron chi connectivity index (χ4n) is 2.54. The summed E-state index contributed by atoms with van der Waals surface area (Å²) in [6.07, 6.45) is 3.60. The van der Waals surface area contributed by atoms with Gasteiger partial charge in [-0.25, -0.2) is 4.99 Å². The molecule has 1 amide bonds. The summed E-state index contributed by atoms with van der Waals surface area (Å²) in [6, 6.07) is 0.828. The van der Waals surface area contributed by atoms with Crippen LogP contribution in [0.5, 0.6) is 0 Å². The molecule has 0 saturated heterocycles. The third kappa shape index (κ3) is 4.71. The van der Waals surface area contributed by atoms with E-state index in [0.29, 0.717) is 12.1 Å². The SMILES string of the molecule is COC1CC(NC(=NCC(=O)N(C)C)NC2CC2)C1(C)C.I. The van der Waals surface area contributed by atoms with Crippen molar-refractivity contribution in [2.45, 2.75) is 51.3 Å². The maximum Gasteiger partial charge on any atom is 0.243 e. The van der Waals surface area contributed by atoms with Gasteiger partial charge in [0.1, 0.15) is 6.54 Å². The monoisotopic (exact) mass is 424 g/mol. The molecular formula is C15H29IN4O2. The molecule has 0 spiro atoms. The van der Waals surface area contributed by atoms with Crippen molar-refractivity contribution in [1.29, 1.82) is 0 Å². The number of rotatable bonds is 5. The average molecular weight is 424 g/mol. The van der Waals surface area contributed by atoms with Gasteiger partial charge < -0.3 is 20.3 Å². The van der Waals surface area contributed by atoms with E-state index in [9.17, 15) is 4.79 Å². The normalized spacial score (nSPS) is 26.5. The van der Waals surface area contributed by atoms with Gasteiger partial charge in [-0.1, -0.05) is 13.8 Å². The van der Waals surface area contributed by atoms with Crippen LogP contribution < -0.4 is 10.6 Å². The van der Waals surface area contributed by atoms with Gasteiger partial charge in [-0.15, -0.1) is 24.0 Å². The molecule has 0 heterocycles. The van der Waals surface area contributed by atoms with Crippen LogP contribution in [0, 0.1) is 5.41 Å². The molecule has 2 aliphatic rings. The van der Waals surface area contributed by atoms with Gasteiger partial charge in [0.15, 0.2) is 5.96 Å². The lowest BCUT2D eigenvalue weighted by molar-refractivity contribution is -0.127. The summed E-state index contributed by atoms with van der Waals surface area (Å²) in [5.74, 6) is 0.759. The first-order valence-electron chi connectivity index (χ1n) is 7.65. The van der Waals surface area contributed by atoms with Crippen molar-refractivity contribution < 1.29 is 9.53 Å². The van der Waals surface area contributed by atoms with E-state index in [1.807, 2.05) is 0 Å². The van der Waals surface area contributed by atoms with Gasteiger partial charge in [0.25, 0.3) is 0 Å². The van der Waals surface area contributed by atoms with Gasteiger partial charge in [0, 0.05) is 38.7 Å². The number of halogens is 1. The largest absolute Gasteiger partial charge is 0.381 e. The summed E-state index contributed by atoms with van der Waals surface area (Å²) in [7, 11) is 5.25.